The fourth-order valence-electron chi connectivity index (χ4n) is 4.07. The van der Waals surface area contributed by atoms with Crippen molar-refractivity contribution < 1.29 is 5.11 Å². The van der Waals surface area contributed by atoms with Crippen LogP contribution in [0.25, 0.3) is 0 Å². The summed E-state index contributed by atoms with van der Waals surface area (Å²) in [6.45, 7) is 9.61. The Kier molecular flexibility index (Phi) is 8.07. The Labute approximate surface area is 164 Å². The number of hydrogen-bond donors (Lipinski definition) is 2. The fraction of sp³-hybridized carbons (Fsp3) is 0.944. The van der Waals surface area contributed by atoms with Crippen molar-refractivity contribution in [3.63, 3.8) is 0 Å². The van der Waals surface area contributed by atoms with Gasteiger partial charge in [0.15, 0.2) is 5.96 Å². The fourth-order valence-corrected chi connectivity index (χ4v) is 4.07. The van der Waals surface area contributed by atoms with Gasteiger partial charge in [-0.25, -0.2) is 0 Å². The van der Waals surface area contributed by atoms with E-state index in [0.29, 0.717) is 6.54 Å². The molecule has 0 spiro atoms. The molecule has 0 aromatic rings. The van der Waals surface area contributed by atoms with Gasteiger partial charge in [-0.2, -0.15) is 0 Å². The molecule has 1 saturated carbocycles. The molecule has 2 aliphatic heterocycles. The summed E-state index contributed by atoms with van der Waals surface area (Å²) in [7, 11) is 0. The van der Waals surface area contributed by atoms with E-state index in [1.165, 1.54) is 45.3 Å². The van der Waals surface area contributed by atoms with E-state index in [1.807, 2.05) is 0 Å². The third kappa shape index (κ3) is 5.46. The van der Waals surface area contributed by atoms with Gasteiger partial charge in [0.25, 0.3) is 0 Å². The summed E-state index contributed by atoms with van der Waals surface area (Å²) in [5.74, 6) is 1.78. The Bertz CT molecular complexity index is 408. The number of likely N-dealkylation sites (tertiary alicyclic amines) is 2. The molecule has 6 heteroatoms. The number of guanidine groups is 1. The van der Waals surface area contributed by atoms with Crippen LogP contribution in [-0.4, -0.2) is 72.3 Å². The number of nitrogens with one attached hydrogen (secondary N) is 1. The van der Waals surface area contributed by atoms with Crippen LogP contribution in [0.4, 0.5) is 0 Å². The van der Waals surface area contributed by atoms with Gasteiger partial charge in [-0.3, -0.25) is 4.99 Å². The largest absolute Gasteiger partial charge is 0.388 e. The SMILES string of the molecule is CCNC(=NCC1(O)CCC1)N1CCC(CN2CCCCC2)C1.I. The Morgan fingerprint density at radius 1 is 1.17 bits per heavy atom. The van der Waals surface area contributed by atoms with Crippen molar-refractivity contribution in [1.82, 2.24) is 15.1 Å². The molecule has 1 atom stereocenters. The van der Waals surface area contributed by atoms with Gasteiger partial charge < -0.3 is 20.2 Å². The molecule has 3 rings (SSSR count). The smallest absolute Gasteiger partial charge is 0.194 e. The number of rotatable bonds is 5. The lowest BCUT2D eigenvalue weighted by Crippen LogP contribution is -2.44. The molecule has 1 aliphatic carbocycles. The lowest BCUT2D eigenvalue weighted by atomic mass is 9.80. The lowest BCUT2D eigenvalue weighted by Gasteiger charge is -2.35. The average Bonchev–Trinajstić information content (AvgIpc) is 2.99. The zero-order valence-corrected chi connectivity index (χ0v) is 17.5. The minimum absolute atomic E-state index is 0. The first-order valence-electron chi connectivity index (χ1n) is 9.66. The first-order valence-corrected chi connectivity index (χ1v) is 9.66. The van der Waals surface area contributed by atoms with Crippen LogP contribution in [-0.2, 0) is 0 Å². The standard InChI is InChI=1S/C18H34N4O.HI/c1-2-19-17(20-15-18(23)8-6-9-18)22-12-7-16(14-22)13-21-10-4-3-5-11-21;/h16,23H,2-15H2,1H3,(H,19,20);1H. The molecule has 1 unspecified atom stereocenters. The highest BCUT2D eigenvalue weighted by Gasteiger charge is 2.34. The van der Waals surface area contributed by atoms with Gasteiger partial charge in [0, 0.05) is 26.2 Å². The van der Waals surface area contributed by atoms with Crippen LogP contribution in [0.5, 0.6) is 0 Å². The predicted octanol–water partition coefficient (Wildman–Crippen LogP) is 2.29. The molecule has 2 saturated heterocycles. The first-order chi connectivity index (χ1) is 11.2. The molecule has 0 radical (unpaired) electrons. The summed E-state index contributed by atoms with van der Waals surface area (Å²) in [4.78, 5) is 9.79. The van der Waals surface area contributed by atoms with Gasteiger partial charge in [-0.1, -0.05) is 6.42 Å². The van der Waals surface area contributed by atoms with Crippen LogP contribution >= 0.6 is 24.0 Å². The number of halogens is 1. The molecule has 0 aromatic carbocycles. The minimum atomic E-state index is -0.520. The Hall–Kier alpha value is -0.0800. The second-order valence-corrected chi connectivity index (χ2v) is 7.71. The van der Waals surface area contributed by atoms with Crippen LogP contribution in [0.2, 0.25) is 0 Å². The van der Waals surface area contributed by atoms with Gasteiger partial charge >= 0.3 is 0 Å². The zero-order chi connectivity index (χ0) is 16.1. The van der Waals surface area contributed by atoms with Gasteiger partial charge in [-0.05, 0) is 64.5 Å². The maximum atomic E-state index is 10.3. The normalized spacial score (nSPS) is 27.5. The molecule has 0 bridgehead atoms. The van der Waals surface area contributed by atoms with Gasteiger partial charge in [0.2, 0.25) is 0 Å². The van der Waals surface area contributed by atoms with E-state index in [4.69, 9.17) is 4.99 Å². The monoisotopic (exact) mass is 450 g/mol. The van der Waals surface area contributed by atoms with Crippen LogP contribution in [0.1, 0.15) is 51.9 Å². The molecular weight excluding hydrogens is 415 g/mol. The zero-order valence-electron chi connectivity index (χ0n) is 15.2. The van der Waals surface area contributed by atoms with Gasteiger partial charge in [0.05, 0.1) is 12.1 Å². The molecule has 2 heterocycles. The number of piperidine rings is 1. The molecule has 0 aromatic heterocycles. The van der Waals surface area contributed by atoms with E-state index in [0.717, 1.165) is 50.8 Å². The van der Waals surface area contributed by atoms with E-state index in [1.54, 1.807) is 0 Å². The number of aliphatic imine (C=N–C) groups is 1. The van der Waals surface area contributed by atoms with Crippen molar-refractivity contribution in [2.45, 2.75) is 57.5 Å². The second kappa shape index (κ2) is 9.57. The van der Waals surface area contributed by atoms with E-state index >= 15 is 0 Å². The van der Waals surface area contributed by atoms with Crippen LogP contribution in [0.15, 0.2) is 4.99 Å². The van der Waals surface area contributed by atoms with Crippen molar-refractivity contribution in [3.8, 4) is 0 Å². The summed E-state index contributed by atoms with van der Waals surface area (Å²) >= 11 is 0. The molecule has 24 heavy (non-hydrogen) atoms. The van der Waals surface area contributed by atoms with Crippen molar-refractivity contribution >= 4 is 29.9 Å². The number of aliphatic hydroxyl groups is 1. The maximum absolute atomic E-state index is 10.3. The summed E-state index contributed by atoms with van der Waals surface area (Å²) in [5.41, 5.74) is -0.520. The Balaban J connectivity index is 0.00000208. The average molecular weight is 450 g/mol. The molecule has 2 N–H and O–H groups in total. The van der Waals surface area contributed by atoms with Crippen LogP contribution < -0.4 is 5.32 Å². The molecule has 3 fully saturated rings. The third-order valence-electron chi connectivity index (χ3n) is 5.69. The van der Waals surface area contributed by atoms with E-state index in [-0.39, 0.29) is 24.0 Å². The van der Waals surface area contributed by atoms with E-state index in [2.05, 4.69) is 22.0 Å². The van der Waals surface area contributed by atoms with Gasteiger partial charge in [-0.15, -0.1) is 24.0 Å². The molecule has 140 valence electrons. The highest BCUT2D eigenvalue weighted by atomic mass is 127. The molecule has 5 nitrogen and oxygen atoms in total. The quantitative estimate of drug-likeness (QED) is 0.384. The second-order valence-electron chi connectivity index (χ2n) is 7.71. The van der Waals surface area contributed by atoms with Crippen molar-refractivity contribution in [2.75, 3.05) is 45.8 Å². The number of nitrogens with zero attached hydrogens (tertiary/aromatic N) is 3. The minimum Gasteiger partial charge on any atom is -0.388 e. The summed E-state index contributed by atoms with van der Waals surface area (Å²) < 4.78 is 0. The van der Waals surface area contributed by atoms with Crippen molar-refractivity contribution in [3.05, 3.63) is 0 Å². The summed E-state index contributed by atoms with van der Waals surface area (Å²) in [6.07, 6.45) is 8.39. The highest BCUT2D eigenvalue weighted by molar-refractivity contribution is 14.0. The third-order valence-corrected chi connectivity index (χ3v) is 5.69. The Morgan fingerprint density at radius 2 is 1.92 bits per heavy atom. The maximum Gasteiger partial charge on any atom is 0.194 e. The Morgan fingerprint density at radius 3 is 2.54 bits per heavy atom. The summed E-state index contributed by atoms with van der Waals surface area (Å²) in [5, 5.41) is 13.7. The van der Waals surface area contributed by atoms with E-state index in [9.17, 15) is 5.11 Å². The predicted molar refractivity (Wildman–Crippen MR) is 110 cm³/mol. The van der Waals surface area contributed by atoms with Crippen molar-refractivity contribution in [1.29, 1.82) is 0 Å². The highest BCUT2D eigenvalue weighted by Crippen LogP contribution is 2.31. The topological polar surface area (TPSA) is 51.1 Å². The van der Waals surface area contributed by atoms with Crippen LogP contribution in [0.3, 0.4) is 0 Å². The van der Waals surface area contributed by atoms with Crippen LogP contribution in [0, 0.1) is 5.92 Å². The van der Waals surface area contributed by atoms with E-state index < -0.39 is 5.60 Å². The lowest BCUT2D eigenvalue weighted by molar-refractivity contribution is -0.0237. The molecular formula is C18H35IN4O. The molecule has 0 amide bonds. The first kappa shape index (κ1) is 20.2. The summed E-state index contributed by atoms with van der Waals surface area (Å²) in [6, 6.07) is 0. The van der Waals surface area contributed by atoms with Crippen molar-refractivity contribution in [2.24, 2.45) is 10.9 Å². The number of hydrogen-bond acceptors (Lipinski definition) is 3. The molecule has 3 aliphatic rings. The van der Waals surface area contributed by atoms with Gasteiger partial charge in [0.1, 0.15) is 0 Å².